The van der Waals surface area contributed by atoms with Gasteiger partial charge in [0.25, 0.3) is 0 Å². The van der Waals surface area contributed by atoms with E-state index in [-0.39, 0.29) is 0 Å². The van der Waals surface area contributed by atoms with Crippen LogP contribution in [-0.4, -0.2) is 18.1 Å². The molecule has 2 N–H and O–H groups in total. The van der Waals surface area contributed by atoms with Crippen LogP contribution >= 0.6 is 11.6 Å². The first kappa shape index (κ1) is 10.1. The topological polar surface area (TPSA) is 42.2 Å². The zero-order valence-corrected chi connectivity index (χ0v) is 8.67. The Bertz CT molecular complexity index is 284. The largest absolute Gasteiger partial charge is 0.396 e. The number of hydrogen-bond donors (Lipinski definition) is 1. The Kier molecular flexibility index (Phi) is 3.37. The Morgan fingerprint density at radius 3 is 2.54 bits per heavy atom. The van der Waals surface area contributed by atoms with Crippen LogP contribution in [0.2, 0.25) is 5.02 Å². The van der Waals surface area contributed by atoms with E-state index in [1.807, 2.05) is 0 Å². The van der Waals surface area contributed by atoms with Gasteiger partial charge < -0.3 is 10.6 Å². The van der Waals surface area contributed by atoms with E-state index in [9.17, 15) is 0 Å². The number of anilines is 2. The third-order valence-electron chi connectivity index (χ3n) is 1.92. The molecule has 1 aromatic rings. The van der Waals surface area contributed by atoms with Gasteiger partial charge in [-0.1, -0.05) is 11.6 Å². The van der Waals surface area contributed by atoms with Gasteiger partial charge in [-0.25, -0.2) is 4.98 Å². The fourth-order valence-corrected chi connectivity index (χ4v) is 1.40. The van der Waals surface area contributed by atoms with Crippen molar-refractivity contribution in [2.75, 3.05) is 23.7 Å². The minimum atomic E-state index is 0.577. The van der Waals surface area contributed by atoms with Crippen molar-refractivity contribution in [2.24, 2.45) is 0 Å². The highest BCUT2D eigenvalue weighted by Crippen LogP contribution is 2.22. The molecule has 1 aromatic heterocycles. The Morgan fingerprint density at radius 2 is 2.08 bits per heavy atom. The molecule has 0 atom stereocenters. The monoisotopic (exact) mass is 199 g/mol. The van der Waals surface area contributed by atoms with Crippen LogP contribution in [0, 0.1) is 0 Å². The molecule has 0 aliphatic heterocycles. The van der Waals surface area contributed by atoms with Crippen molar-refractivity contribution in [3.63, 3.8) is 0 Å². The molecule has 0 saturated carbocycles. The van der Waals surface area contributed by atoms with Gasteiger partial charge in [-0.2, -0.15) is 0 Å². The molecule has 72 valence electrons. The molecular weight excluding hydrogens is 186 g/mol. The van der Waals surface area contributed by atoms with Gasteiger partial charge in [0.05, 0.1) is 10.7 Å². The fourth-order valence-electron chi connectivity index (χ4n) is 1.24. The average Bonchev–Trinajstić information content (AvgIpc) is 2.10. The highest BCUT2D eigenvalue weighted by molar-refractivity contribution is 6.30. The van der Waals surface area contributed by atoms with E-state index in [0.29, 0.717) is 10.7 Å². The van der Waals surface area contributed by atoms with E-state index in [1.54, 1.807) is 12.3 Å². The van der Waals surface area contributed by atoms with Gasteiger partial charge in [-0.3, -0.25) is 0 Å². The van der Waals surface area contributed by atoms with Crippen LogP contribution in [0.5, 0.6) is 0 Å². The molecule has 0 unspecified atom stereocenters. The molecule has 0 aromatic carbocycles. The lowest BCUT2D eigenvalue weighted by molar-refractivity contribution is 0.848. The van der Waals surface area contributed by atoms with Crippen molar-refractivity contribution in [2.45, 2.75) is 13.8 Å². The van der Waals surface area contributed by atoms with Gasteiger partial charge in [0.15, 0.2) is 5.82 Å². The Balaban J connectivity index is 2.99. The van der Waals surface area contributed by atoms with Gasteiger partial charge in [0.1, 0.15) is 0 Å². The Hall–Kier alpha value is -0.960. The van der Waals surface area contributed by atoms with Crippen LogP contribution in [0.4, 0.5) is 11.5 Å². The van der Waals surface area contributed by atoms with Crippen molar-refractivity contribution in [3.05, 3.63) is 17.3 Å². The fraction of sp³-hybridized carbons (Fsp3) is 0.444. The summed E-state index contributed by atoms with van der Waals surface area (Å²) < 4.78 is 0. The van der Waals surface area contributed by atoms with Gasteiger partial charge >= 0.3 is 0 Å². The van der Waals surface area contributed by atoms with Crippen molar-refractivity contribution in [1.82, 2.24) is 4.98 Å². The van der Waals surface area contributed by atoms with Crippen LogP contribution in [-0.2, 0) is 0 Å². The van der Waals surface area contributed by atoms with Crippen LogP contribution < -0.4 is 10.6 Å². The Labute approximate surface area is 83.5 Å². The number of nitrogens with two attached hydrogens (primary N) is 1. The molecule has 0 amide bonds. The standard InChI is InChI=1S/C9H14ClN3/c1-3-13(4-2)9-8(11)5-7(10)6-12-9/h5-6H,3-4,11H2,1-2H3. The predicted octanol–water partition coefficient (Wildman–Crippen LogP) is 2.16. The van der Waals surface area contributed by atoms with Crippen LogP contribution in [0.25, 0.3) is 0 Å². The lowest BCUT2D eigenvalue weighted by Gasteiger charge is -2.21. The normalized spacial score (nSPS) is 10.1. The van der Waals surface area contributed by atoms with Crippen molar-refractivity contribution in [3.8, 4) is 0 Å². The Morgan fingerprint density at radius 1 is 1.46 bits per heavy atom. The molecule has 0 aliphatic carbocycles. The minimum Gasteiger partial charge on any atom is -0.396 e. The summed E-state index contributed by atoms with van der Waals surface area (Å²) in [6, 6.07) is 1.72. The minimum absolute atomic E-state index is 0.577. The molecule has 0 fully saturated rings. The molecule has 0 saturated heterocycles. The lowest BCUT2D eigenvalue weighted by Crippen LogP contribution is -2.24. The number of nitrogens with zero attached hydrogens (tertiary/aromatic N) is 2. The summed E-state index contributed by atoms with van der Waals surface area (Å²) in [6.45, 7) is 5.93. The summed E-state index contributed by atoms with van der Waals surface area (Å²) >= 11 is 5.75. The SMILES string of the molecule is CCN(CC)c1ncc(Cl)cc1N. The molecule has 0 spiro atoms. The highest BCUT2D eigenvalue weighted by Gasteiger charge is 2.07. The molecule has 0 bridgehead atoms. The summed E-state index contributed by atoms with van der Waals surface area (Å²) in [5.41, 5.74) is 6.42. The molecule has 1 rings (SSSR count). The third kappa shape index (κ3) is 2.25. The third-order valence-corrected chi connectivity index (χ3v) is 2.13. The van der Waals surface area contributed by atoms with Gasteiger partial charge in [0, 0.05) is 19.3 Å². The quantitative estimate of drug-likeness (QED) is 0.812. The second-order valence-corrected chi connectivity index (χ2v) is 3.18. The van der Waals surface area contributed by atoms with E-state index < -0.39 is 0 Å². The first-order chi connectivity index (χ1) is 6.19. The summed E-state index contributed by atoms with van der Waals surface area (Å²) in [5.74, 6) is 0.814. The zero-order valence-electron chi connectivity index (χ0n) is 7.92. The highest BCUT2D eigenvalue weighted by atomic mass is 35.5. The summed E-state index contributed by atoms with van der Waals surface area (Å²) in [5, 5.41) is 0.577. The summed E-state index contributed by atoms with van der Waals surface area (Å²) in [4.78, 5) is 6.28. The van der Waals surface area contributed by atoms with Crippen LogP contribution in [0.15, 0.2) is 12.3 Å². The van der Waals surface area contributed by atoms with Gasteiger partial charge in [-0.15, -0.1) is 0 Å². The van der Waals surface area contributed by atoms with E-state index >= 15 is 0 Å². The first-order valence-corrected chi connectivity index (χ1v) is 4.72. The van der Waals surface area contributed by atoms with E-state index in [2.05, 4.69) is 23.7 Å². The molecular formula is C9H14ClN3. The summed E-state index contributed by atoms with van der Waals surface area (Å²) in [7, 11) is 0. The average molecular weight is 200 g/mol. The molecule has 3 nitrogen and oxygen atoms in total. The van der Waals surface area contributed by atoms with Crippen LogP contribution in [0.3, 0.4) is 0 Å². The molecule has 0 radical (unpaired) electrons. The van der Waals surface area contributed by atoms with E-state index in [0.717, 1.165) is 18.9 Å². The number of hydrogen-bond acceptors (Lipinski definition) is 3. The molecule has 13 heavy (non-hydrogen) atoms. The summed E-state index contributed by atoms with van der Waals surface area (Å²) in [6.07, 6.45) is 1.62. The second kappa shape index (κ2) is 4.33. The number of halogens is 1. The molecule has 1 heterocycles. The van der Waals surface area contributed by atoms with E-state index in [1.165, 1.54) is 0 Å². The maximum Gasteiger partial charge on any atom is 0.151 e. The first-order valence-electron chi connectivity index (χ1n) is 4.35. The van der Waals surface area contributed by atoms with Gasteiger partial charge in [-0.05, 0) is 19.9 Å². The van der Waals surface area contributed by atoms with Crippen molar-refractivity contribution < 1.29 is 0 Å². The van der Waals surface area contributed by atoms with E-state index in [4.69, 9.17) is 17.3 Å². The number of aromatic nitrogens is 1. The maximum atomic E-state index is 5.78. The lowest BCUT2D eigenvalue weighted by atomic mass is 10.3. The molecule has 0 aliphatic rings. The number of nitrogen functional groups attached to an aromatic ring is 1. The smallest absolute Gasteiger partial charge is 0.151 e. The van der Waals surface area contributed by atoms with Crippen molar-refractivity contribution in [1.29, 1.82) is 0 Å². The maximum absolute atomic E-state index is 5.78. The zero-order chi connectivity index (χ0) is 9.84. The predicted molar refractivity (Wildman–Crippen MR) is 57.2 cm³/mol. The molecule has 4 heteroatoms. The second-order valence-electron chi connectivity index (χ2n) is 2.74. The van der Waals surface area contributed by atoms with Crippen molar-refractivity contribution >= 4 is 23.1 Å². The number of rotatable bonds is 3. The van der Waals surface area contributed by atoms with Gasteiger partial charge in [0.2, 0.25) is 0 Å². The van der Waals surface area contributed by atoms with Crippen LogP contribution in [0.1, 0.15) is 13.8 Å². The number of pyridine rings is 1.